The Balaban J connectivity index is 2.01. The summed E-state index contributed by atoms with van der Waals surface area (Å²) in [6.07, 6.45) is 1.64. The number of nitrogens with two attached hydrogens (primary N) is 1. The molecule has 0 bridgehead atoms. The first-order valence-electron chi connectivity index (χ1n) is 7.53. The lowest BCUT2D eigenvalue weighted by molar-refractivity contribution is 0.628. The number of nitrogens with one attached hydrogen (secondary N) is 1. The van der Waals surface area contributed by atoms with Crippen molar-refractivity contribution < 1.29 is 4.39 Å². The van der Waals surface area contributed by atoms with E-state index in [9.17, 15) is 9.65 Å². The highest BCUT2D eigenvalue weighted by Crippen LogP contribution is 2.34. The van der Waals surface area contributed by atoms with Crippen LogP contribution < -0.4 is 5.73 Å². The zero-order valence-electron chi connectivity index (χ0n) is 13.2. The molecule has 0 saturated carbocycles. The van der Waals surface area contributed by atoms with E-state index in [2.05, 4.69) is 20.2 Å². The van der Waals surface area contributed by atoms with Crippen LogP contribution >= 0.6 is 11.6 Å². The molecule has 0 aliphatic rings. The van der Waals surface area contributed by atoms with Gasteiger partial charge in [0.25, 0.3) is 0 Å². The second kappa shape index (κ2) is 6.10. The number of aromatic nitrogens is 4. The number of halogens is 2. The number of nitriles is 1. The molecule has 0 fully saturated rings. The number of aromatic amines is 1. The van der Waals surface area contributed by atoms with Crippen molar-refractivity contribution in [3.8, 4) is 28.6 Å². The van der Waals surface area contributed by atoms with E-state index >= 15 is 0 Å². The second-order valence-corrected chi connectivity index (χ2v) is 5.97. The summed E-state index contributed by atoms with van der Waals surface area (Å²) in [6, 6.07) is 11.3. The number of anilines is 1. The van der Waals surface area contributed by atoms with Gasteiger partial charge in [-0.3, -0.25) is 5.10 Å². The number of benzene rings is 2. The zero-order valence-corrected chi connectivity index (χ0v) is 13.9. The van der Waals surface area contributed by atoms with E-state index in [1.54, 1.807) is 24.4 Å². The van der Waals surface area contributed by atoms with Gasteiger partial charge in [-0.1, -0.05) is 11.6 Å². The summed E-state index contributed by atoms with van der Waals surface area (Å²) in [5.41, 5.74) is 8.66. The monoisotopic (exact) mass is 364 g/mol. The predicted molar refractivity (Wildman–Crippen MR) is 96.7 cm³/mol. The standard InChI is InChI=1S/C18H10ClFN6/c19-13-6-10(5-11-8-23-26-15(11)13)17-16(9-1-3-12(20)4-2-9)25-18(22)14(7-21)24-17/h1-6,8H,(H2,22,25)(H,23,26). The van der Waals surface area contributed by atoms with Crippen molar-refractivity contribution in [1.82, 2.24) is 20.2 Å². The molecule has 126 valence electrons. The summed E-state index contributed by atoms with van der Waals surface area (Å²) in [7, 11) is 0. The molecule has 6 nitrogen and oxygen atoms in total. The van der Waals surface area contributed by atoms with Crippen LogP contribution in [0.2, 0.25) is 5.02 Å². The van der Waals surface area contributed by atoms with Crippen LogP contribution in [0, 0.1) is 17.1 Å². The van der Waals surface area contributed by atoms with Gasteiger partial charge in [0.1, 0.15) is 11.9 Å². The Hall–Kier alpha value is -3.50. The number of rotatable bonds is 2. The molecule has 0 unspecified atom stereocenters. The van der Waals surface area contributed by atoms with Gasteiger partial charge < -0.3 is 5.73 Å². The molecule has 0 aliphatic carbocycles. The highest BCUT2D eigenvalue weighted by atomic mass is 35.5. The van der Waals surface area contributed by atoms with Crippen molar-refractivity contribution in [2.24, 2.45) is 0 Å². The highest BCUT2D eigenvalue weighted by molar-refractivity contribution is 6.35. The van der Waals surface area contributed by atoms with E-state index in [4.69, 9.17) is 17.3 Å². The molecule has 0 atom stereocenters. The van der Waals surface area contributed by atoms with Crippen LogP contribution in [0.4, 0.5) is 10.2 Å². The van der Waals surface area contributed by atoms with E-state index in [1.165, 1.54) is 12.1 Å². The van der Waals surface area contributed by atoms with Gasteiger partial charge >= 0.3 is 0 Å². The Morgan fingerprint density at radius 3 is 2.54 bits per heavy atom. The number of H-pyrrole nitrogens is 1. The maximum Gasteiger partial charge on any atom is 0.183 e. The van der Waals surface area contributed by atoms with Gasteiger partial charge in [0.15, 0.2) is 11.5 Å². The van der Waals surface area contributed by atoms with Crippen LogP contribution in [0.15, 0.2) is 42.6 Å². The molecule has 4 aromatic rings. The molecule has 0 amide bonds. The average molecular weight is 365 g/mol. The largest absolute Gasteiger partial charge is 0.381 e. The van der Waals surface area contributed by atoms with Gasteiger partial charge in [-0.05, 0) is 36.4 Å². The van der Waals surface area contributed by atoms with E-state index in [0.717, 1.165) is 5.39 Å². The molecule has 3 N–H and O–H groups in total. The summed E-state index contributed by atoms with van der Waals surface area (Å²) < 4.78 is 13.3. The Bertz CT molecular complexity index is 1180. The molecule has 2 heterocycles. The van der Waals surface area contributed by atoms with Gasteiger partial charge in [0, 0.05) is 16.5 Å². The quantitative estimate of drug-likeness (QED) is 0.560. The number of nitrogens with zero attached hydrogens (tertiary/aromatic N) is 4. The second-order valence-electron chi connectivity index (χ2n) is 5.57. The van der Waals surface area contributed by atoms with Gasteiger partial charge in [0.2, 0.25) is 0 Å². The fourth-order valence-electron chi connectivity index (χ4n) is 2.69. The van der Waals surface area contributed by atoms with E-state index in [1.807, 2.05) is 12.1 Å². The Morgan fingerprint density at radius 2 is 1.81 bits per heavy atom. The number of hydrogen-bond acceptors (Lipinski definition) is 5. The molecule has 26 heavy (non-hydrogen) atoms. The molecule has 2 aromatic carbocycles. The van der Waals surface area contributed by atoms with Crippen molar-refractivity contribution >= 4 is 28.3 Å². The van der Waals surface area contributed by atoms with E-state index in [-0.39, 0.29) is 17.3 Å². The fourth-order valence-corrected chi connectivity index (χ4v) is 2.96. The molecule has 4 rings (SSSR count). The first kappa shape index (κ1) is 16.0. The highest BCUT2D eigenvalue weighted by Gasteiger charge is 2.17. The first-order valence-corrected chi connectivity index (χ1v) is 7.91. The fraction of sp³-hybridized carbons (Fsp3) is 0. The van der Waals surface area contributed by atoms with E-state index in [0.29, 0.717) is 33.1 Å². The van der Waals surface area contributed by atoms with Gasteiger partial charge in [0.05, 0.1) is 28.1 Å². The molecule has 2 aromatic heterocycles. The molecule has 0 aliphatic heterocycles. The normalized spacial score (nSPS) is 10.8. The maximum absolute atomic E-state index is 13.3. The minimum Gasteiger partial charge on any atom is -0.381 e. The third kappa shape index (κ3) is 2.62. The summed E-state index contributed by atoms with van der Waals surface area (Å²) in [5, 5.41) is 17.3. The Morgan fingerprint density at radius 1 is 1.08 bits per heavy atom. The van der Waals surface area contributed by atoms with Crippen LogP contribution in [-0.4, -0.2) is 20.2 Å². The van der Waals surface area contributed by atoms with Crippen LogP contribution in [0.3, 0.4) is 0 Å². The summed E-state index contributed by atoms with van der Waals surface area (Å²) in [6.45, 7) is 0. The minimum atomic E-state index is -0.368. The van der Waals surface area contributed by atoms with Crippen LogP contribution in [0.25, 0.3) is 33.4 Å². The minimum absolute atomic E-state index is 0.00561. The van der Waals surface area contributed by atoms with Crippen molar-refractivity contribution in [3.05, 3.63) is 59.1 Å². The Labute approximate surface area is 152 Å². The maximum atomic E-state index is 13.3. The van der Waals surface area contributed by atoms with Crippen molar-refractivity contribution in [3.63, 3.8) is 0 Å². The third-order valence-electron chi connectivity index (χ3n) is 3.92. The number of nitrogen functional groups attached to an aromatic ring is 1. The SMILES string of the molecule is N#Cc1nc(-c2cc(Cl)c3[nH]ncc3c2)c(-c2ccc(F)cc2)nc1N. The summed E-state index contributed by atoms with van der Waals surface area (Å²) in [4.78, 5) is 8.68. The molecule has 8 heteroatoms. The van der Waals surface area contributed by atoms with Crippen molar-refractivity contribution in [1.29, 1.82) is 5.26 Å². The molecule has 0 saturated heterocycles. The van der Waals surface area contributed by atoms with Crippen molar-refractivity contribution in [2.75, 3.05) is 5.73 Å². The smallest absolute Gasteiger partial charge is 0.183 e. The molecular weight excluding hydrogens is 355 g/mol. The van der Waals surface area contributed by atoms with Crippen LogP contribution in [0.1, 0.15) is 5.69 Å². The lowest BCUT2D eigenvalue weighted by Gasteiger charge is -2.11. The third-order valence-corrected chi connectivity index (χ3v) is 4.22. The number of hydrogen-bond donors (Lipinski definition) is 2. The predicted octanol–water partition coefficient (Wildman–Crippen LogP) is 3.93. The lowest BCUT2D eigenvalue weighted by Crippen LogP contribution is -2.03. The van der Waals surface area contributed by atoms with Crippen LogP contribution in [0.5, 0.6) is 0 Å². The number of fused-ring (bicyclic) bond motifs is 1. The zero-order chi connectivity index (χ0) is 18.3. The van der Waals surface area contributed by atoms with Gasteiger partial charge in [-0.15, -0.1) is 0 Å². The summed E-state index contributed by atoms with van der Waals surface area (Å²) in [5.74, 6) is -0.362. The Kier molecular flexibility index (Phi) is 3.75. The summed E-state index contributed by atoms with van der Waals surface area (Å²) >= 11 is 6.32. The van der Waals surface area contributed by atoms with Gasteiger partial charge in [-0.25, -0.2) is 14.4 Å². The van der Waals surface area contributed by atoms with E-state index < -0.39 is 0 Å². The van der Waals surface area contributed by atoms with Crippen LogP contribution in [-0.2, 0) is 0 Å². The average Bonchev–Trinajstić information content (AvgIpc) is 3.11. The van der Waals surface area contributed by atoms with Crippen molar-refractivity contribution in [2.45, 2.75) is 0 Å². The first-order chi connectivity index (χ1) is 12.6. The molecule has 0 spiro atoms. The van der Waals surface area contributed by atoms with Gasteiger partial charge in [-0.2, -0.15) is 10.4 Å². The molecular formula is C18H10ClFN6. The topological polar surface area (TPSA) is 104 Å². The molecule has 0 radical (unpaired) electrons. The lowest BCUT2D eigenvalue weighted by atomic mass is 10.0.